The lowest BCUT2D eigenvalue weighted by Crippen LogP contribution is -2.16. The first-order valence-electron chi connectivity index (χ1n) is 5.08. The molecule has 5 heteroatoms. The second-order valence-electron chi connectivity index (χ2n) is 3.72. The van der Waals surface area contributed by atoms with Crippen molar-refractivity contribution in [3.8, 4) is 6.07 Å². The number of thiazole rings is 1. The Morgan fingerprint density at radius 3 is 2.94 bits per heavy atom. The molecule has 0 aliphatic heterocycles. The van der Waals surface area contributed by atoms with Crippen LogP contribution < -0.4 is 10.6 Å². The lowest BCUT2D eigenvalue weighted by molar-refractivity contribution is 0.895. The van der Waals surface area contributed by atoms with E-state index >= 15 is 0 Å². The van der Waals surface area contributed by atoms with Gasteiger partial charge >= 0.3 is 0 Å². The van der Waals surface area contributed by atoms with Gasteiger partial charge in [-0.25, -0.2) is 4.98 Å². The van der Waals surface area contributed by atoms with Gasteiger partial charge in [-0.05, 0) is 18.2 Å². The zero-order valence-corrected chi connectivity index (χ0v) is 10.2. The third kappa shape index (κ3) is 2.55. The number of benzene rings is 1. The fourth-order valence-electron chi connectivity index (χ4n) is 1.54. The lowest BCUT2D eigenvalue weighted by Gasteiger charge is -2.18. The largest absolute Gasteiger partial charge is 0.398 e. The predicted molar refractivity (Wildman–Crippen MR) is 69.8 cm³/mol. The lowest BCUT2D eigenvalue weighted by atomic mass is 10.1. The van der Waals surface area contributed by atoms with Crippen LogP contribution in [0.15, 0.2) is 29.1 Å². The first-order chi connectivity index (χ1) is 8.20. The highest BCUT2D eigenvalue weighted by atomic mass is 32.1. The van der Waals surface area contributed by atoms with Gasteiger partial charge in [0.05, 0.1) is 29.0 Å². The average Bonchev–Trinajstić information content (AvgIpc) is 2.81. The molecule has 0 fully saturated rings. The van der Waals surface area contributed by atoms with Crippen LogP contribution in [0.25, 0.3) is 0 Å². The standard InChI is InChI=1S/C12H12N4S/c1-16(6-10-7-17-8-15-10)11-3-2-9(5-13)12(14)4-11/h2-4,7-8H,6,14H2,1H3. The Kier molecular flexibility index (Phi) is 3.26. The van der Waals surface area contributed by atoms with Crippen molar-refractivity contribution in [3.05, 3.63) is 40.3 Å². The van der Waals surface area contributed by atoms with E-state index in [2.05, 4.69) is 11.1 Å². The second-order valence-corrected chi connectivity index (χ2v) is 4.44. The van der Waals surface area contributed by atoms with Crippen molar-refractivity contribution in [2.24, 2.45) is 0 Å². The molecule has 0 aliphatic rings. The van der Waals surface area contributed by atoms with Crippen LogP contribution in [0, 0.1) is 11.3 Å². The van der Waals surface area contributed by atoms with Gasteiger partial charge in [-0.1, -0.05) is 0 Å². The number of nitrogens with zero attached hydrogens (tertiary/aromatic N) is 3. The van der Waals surface area contributed by atoms with E-state index in [-0.39, 0.29) is 0 Å². The van der Waals surface area contributed by atoms with Gasteiger partial charge in [-0.3, -0.25) is 0 Å². The molecule has 0 radical (unpaired) electrons. The molecule has 0 unspecified atom stereocenters. The average molecular weight is 244 g/mol. The molecule has 0 atom stereocenters. The van der Waals surface area contributed by atoms with Crippen molar-refractivity contribution in [2.45, 2.75) is 6.54 Å². The summed E-state index contributed by atoms with van der Waals surface area (Å²) in [7, 11) is 1.97. The maximum absolute atomic E-state index is 8.80. The van der Waals surface area contributed by atoms with E-state index in [1.165, 1.54) is 0 Å². The number of nitrogens with two attached hydrogens (primary N) is 1. The minimum absolute atomic E-state index is 0.509. The van der Waals surface area contributed by atoms with E-state index in [0.29, 0.717) is 11.3 Å². The van der Waals surface area contributed by atoms with Crippen molar-refractivity contribution < 1.29 is 0 Å². The van der Waals surface area contributed by atoms with Gasteiger partial charge in [0, 0.05) is 18.1 Å². The normalized spacial score (nSPS) is 9.88. The van der Waals surface area contributed by atoms with Gasteiger partial charge in [0.15, 0.2) is 0 Å². The van der Waals surface area contributed by atoms with E-state index in [1.54, 1.807) is 17.4 Å². The van der Waals surface area contributed by atoms with Crippen LogP contribution in [0.5, 0.6) is 0 Å². The molecule has 0 amide bonds. The summed E-state index contributed by atoms with van der Waals surface area (Å²) in [4.78, 5) is 6.28. The smallest absolute Gasteiger partial charge is 0.101 e. The summed E-state index contributed by atoms with van der Waals surface area (Å²) >= 11 is 1.58. The maximum atomic E-state index is 8.80. The Bertz CT molecular complexity index is 542. The quantitative estimate of drug-likeness (QED) is 0.841. The molecule has 1 heterocycles. The fraction of sp³-hybridized carbons (Fsp3) is 0.167. The molecule has 0 saturated carbocycles. The topological polar surface area (TPSA) is 65.9 Å². The molecule has 1 aromatic carbocycles. The summed E-state index contributed by atoms with van der Waals surface area (Å²) in [6, 6.07) is 7.49. The Morgan fingerprint density at radius 2 is 2.35 bits per heavy atom. The van der Waals surface area contributed by atoms with E-state index in [0.717, 1.165) is 17.9 Å². The number of nitrogen functional groups attached to an aromatic ring is 1. The van der Waals surface area contributed by atoms with Gasteiger partial charge in [-0.15, -0.1) is 11.3 Å². The highest BCUT2D eigenvalue weighted by molar-refractivity contribution is 7.07. The SMILES string of the molecule is CN(Cc1cscn1)c1ccc(C#N)c(N)c1. The van der Waals surface area contributed by atoms with Crippen molar-refractivity contribution in [2.75, 3.05) is 17.7 Å². The first kappa shape index (κ1) is 11.4. The highest BCUT2D eigenvalue weighted by Gasteiger charge is 2.06. The third-order valence-corrected chi connectivity index (χ3v) is 3.11. The van der Waals surface area contributed by atoms with Crippen molar-refractivity contribution in [1.82, 2.24) is 4.98 Å². The third-order valence-electron chi connectivity index (χ3n) is 2.48. The molecule has 2 N–H and O–H groups in total. The van der Waals surface area contributed by atoms with E-state index in [9.17, 15) is 0 Å². The molecule has 0 saturated heterocycles. The Hall–Kier alpha value is -2.06. The van der Waals surface area contributed by atoms with Crippen LogP contribution in [0.2, 0.25) is 0 Å². The molecule has 17 heavy (non-hydrogen) atoms. The Balaban J connectivity index is 2.17. The number of hydrogen-bond donors (Lipinski definition) is 1. The van der Waals surface area contributed by atoms with Gasteiger partial charge in [0.1, 0.15) is 6.07 Å². The van der Waals surface area contributed by atoms with Crippen LogP contribution in [0.3, 0.4) is 0 Å². The molecule has 0 spiro atoms. The van der Waals surface area contributed by atoms with Crippen LogP contribution in [-0.2, 0) is 6.54 Å². The molecule has 0 aliphatic carbocycles. The number of anilines is 2. The molecule has 1 aromatic heterocycles. The predicted octanol–water partition coefficient (Wildman–Crippen LogP) is 2.23. The van der Waals surface area contributed by atoms with Crippen LogP contribution in [0.1, 0.15) is 11.3 Å². The first-order valence-corrected chi connectivity index (χ1v) is 6.03. The van der Waals surface area contributed by atoms with E-state index < -0.39 is 0 Å². The maximum Gasteiger partial charge on any atom is 0.101 e. The number of rotatable bonds is 3. The summed E-state index contributed by atoms with van der Waals surface area (Å²) in [5, 5.41) is 10.8. The van der Waals surface area contributed by atoms with E-state index in [4.69, 9.17) is 11.0 Å². The summed E-state index contributed by atoms with van der Waals surface area (Å²) in [6.07, 6.45) is 0. The summed E-state index contributed by atoms with van der Waals surface area (Å²) < 4.78 is 0. The van der Waals surface area contributed by atoms with Crippen LogP contribution in [0.4, 0.5) is 11.4 Å². The van der Waals surface area contributed by atoms with Crippen molar-refractivity contribution in [3.63, 3.8) is 0 Å². The van der Waals surface area contributed by atoms with Crippen LogP contribution >= 0.6 is 11.3 Å². The summed E-state index contributed by atoms with van der Waals surface area (Å²) in [6.45, 7) is 0.731. The molecular formula is C12H12N4S. The zero-order valence-electron chi connectivity index (χ0n) is 9.42. The molecular weight excluding hydrogens is 232 g/mol. The minimum Gasteiger partial charge on any atom is -0.398 e. The fourth-order valence-corrected chi connectivity index (χ4v) is 2.09. The van der Waals surface area contributed by atoms with Crippen LogP contribution in [-0.4, -0.2) is 12.0 Å². The van der Waals surface area contributed by atoms with Gasteiger partial charge in [0.25, 0.3) is 0 Å². The minimum atomic E-state index is 0.509. The molecule has 86 valence electrons. The molecule has 4 nitrogen and oxygen atoms in total. The second kappa shape index (κ2) is 4.85. The molecule has 0 bridgehead atoms. The summed E-state index contributed by atoms with van der Waals surface area (Å²) in [5.41, 5.74) is 10.6. The van der Waals surface area contributed by atoms with E-state index in [1.807, 2.05) is 35.0 Å². The Morgan fingerprint density at radius 1 is 1.53 bits per heavy atom. The number of aromatic nitrogens is 1. The number of nitriles is 1. The van der Waals surface area contributed by atoms with Crippen molar-refractivity contribution in [1.29, 1.82) is 5.26 Å². The van der Waals surface area contributed by atoms with Crippen molar-refractivity contribution >= 4 is 22.7 Å². The van der Waals surface area contributed by atoms with Gasteiger partial charge in [-0.2, -0.15) is 5.26 Å². The number of hydrogen-bond acceptors (Lipinski definition) is 5. The monoisotopic (exact) mass is 244 g/mol. The summed E-state index contributed by atoms with van der Waals surface area (Å²) in [5.74, 6) is 0. The highest BCUT2D eigenvalue weighted by Crippen LogP contribution is 2.21. The zero-order chi connectivity index (χ0) is 12.3. The Labute approximate surface area is 104 Å². The molecule has 2 rings (SSSR count). The molecule has 2 aromatic rings. The van der Waals surface area contributed by atoms with Gasteiger partial charge < -0.3 is 10.6 Å². The van der Waals surface area contributed by atoms with Gasteiger partial charge in [0.2, 0.25) is 0 Å².